The highest BCUT2D eigenvalue weighted by Gasteiger charge is 2.61. The van der Waals surface area contributed by atoms with E-state index in [4.69, 9.17) is 15.9 Å². The second-order valence-electron chi connectivity index (χ2n) is 9.73. The number of aromatic amines is 1. The second-order valence-corrected chi connectivity index (χ2v) is 9.73. The molecule has 14 nitrogen and oxygen atoms in total. The summed E-state index contributed by atoms with van der Waals surface area (Å²) in [6, 6.07) is 3.00. The Morgan fingerprint density at radius 2 is 1.71 bits per heavy atom. The van der Waals surface area contributed by atoms with Crippen LogP contribution < -0.4 is 16.7 Å². The Morgan fingerprint density at radius 1 is 1.05 bits per heavy atom. The number of carbonyl (C=O) groups excluding carboxylic acids is 4. The number of ether oxygens (including phenoxy) is 1. The first kappa shape index (κ1) is 25.5. The van der Waals surface area contributed by atoms with Crippen molar-refractivity contribution in [3.8, 4) is 17.2 Å². The molecule has 206 valence electrons. The number of nitrogens with two attached hydrogens (primary N) is 1. The molecule has 0 amide bonds. The number of aromatic hydroxyl groups is 3. The topological polar surface area (TPSA) is 245 Å². The molecular formula is C27H19N5O9. The van der Waals surface area contributed by atoms with Crippen LogP contribution in [0.2, 0.25) is 0 Å². The number of nitrogens with one attached hydrogen (secondary N) is 3. The quantitative estimate of drug-likeness (QED) is 0.0774. The van der Waals surface area contributed by atoms with E-state index in [2.05, 4.69) is 15.5 Å². The molecule has 14 heteroatoms. The van der Waals surface area contributed by atoms with Gasteiger partial charge in [-0.3, -0.25) is 29.4 Å². The number of rotatable bonds is 3. The van der Waals surface area contributed by atoms with Gasteiger partial charge in [0.25, 0.3) is 5.56 Å². The van der Waals surface area contributed by atoms with Gasteiger partial charge in [0.15, 0.2) is 23.1 Å². The van der Waals surface area contributed by atoms with Crippen LogP contribution in [-0.4, -0.2) is 62.7 Å². The van der Waals surface area contributed by atoms with Gasteiger partial charge in [0.1, 0.15) is 22.7 Å². The van der Waals surface area contributed by atoms with Crippen LogP contribution in [0.4, 0.5) is 0 Å². The maximum Gasteiger partial charge on any atom is 0.260 e. The monoisotopic (exact) mass is 557 g/mol. The van der Waals surface area contributed by atoms with Crippen LogP contribution >= 0.6 is 0 Å². The van der Waals surface area contributed by atoms with Crippen molar-refractivity contribution in [1.29, 1.82) is 5.41 Å². The highest BCUT2D eigenvalue weighted by molar-refractivity contribution is 6.38. The number of Topliss-reactive ketones (excluding diaryl/α,β-unsaturated/α-hetero) is 3. The van der Waals surface area contributed by atoms with Crippen LogP contribution in [0, 0.1) is 5.41 Å². The first-order chi connectivity index (χ1) is 19.4. The molecule has 0 bridgehead atoms. The van der Waals surface area contributed by atoms with Crippen LogP contribution in [0.1, 0.15) is 64.7 Å². The van der Waals surface area contributed by atoms with Gasteiger partial charge in [-0.25, -0.2) is 5.43 Å². The summed E-state index contributed by atoms with van der Waals surface area (Å²) in [4.78, 5) is 69.2. The Hall–Kier alpha value is -5.79. The molecule has 6 rings (SSSR count). The number of allylic oxidation sites excluding steroid dienone is 2. The van der Waals surface area contributed by atoms with Crippen LogP contribution in [0.25, 0.3) is 10.8 Å². The third-order valence-corrected chi connectivity index (χ3v) is 7.65. The number of phenolic OH excluding ortho intramolecular Hbond substituents is 3. The molecule has 0 fully saturated rings. The molecule has 0 saturated heterocycles. The summed E-state index contributed by atoms with van der Waals surface area (Å²) >= 11 is 0. The number of hydrazone groups is 1. The summed E-state index contributed by atoms with van der Waals surface area (Å²) in [5.41, 5.74) is 2.25. The molecule has 2 aromatic carbocycles. The molecule has 1 spiro atoms. The molecule has 0 aliphatic heterocycles. The van der Waals surface area contributed by atoms with Gasteiger partial charge in [0.05, 0.1) is 46.7 Å². The van der Waals surface area contributed by atoms with Crippen molar-refractivity contribution in [1.82, 2.24) is 10.4 Å². The Morgan fingerprint density at radius 3 is 2.34 bits per heavy atom. The molecule has 1 aromatic heterocycles. The number of nitrogens with zero attached hydrogens (tertiary/aromatic N) is 1. The predicted octanol–water partition coefficient (Wildman–Crippen LogP) is 0.634. The van der Waals surface area contributed by atoms with E-state index in [0.29, 0.717) is 5.56 Å². The number of carbonyl (C=O) groups is 4. The van der Waals surface area contributed by atoms with Crippen molar-refractivity contribution >= 4 is 46.1 Å². The van der Waals surface area contributed by atoms with Crippen molar-refractivity contribution in [2.75, 3.05) is 7.11 Å². The number of ketones is 4. The number of benzene rings is 2. The number of H-pyrrole nitrogens is 1. The van der Waals surface area contributed by atoms with E-state index in [1.54, 1.807) is 0 Å². The summed E-state index contributed by atoms with van der Waals surface area (Å²) in [5.74, 6) is -7.28. The first-order valence-corrected chi connectivity index (χ1v) is 12.1. The third-order valence-electron chi connectivity index (χ3n) is 7.65. The Bertz CT molecular complexity index is 1970. The number of fused-ring (bicyclic) bond motifs is 5. The summed E-state index contributed by atoms with van der Waals surface area (Å²) in [6.45, 7) is 0. The number of phenols is 3. The van der Waals surface area contributed by atoms with E-state index in [1.807, 2.05) is 0 Å². The van der Waals surface area contributed by atoms with Gasteiger partial charge in [-0.2, -0.15) is 5.10 Å². The number of aromatic nitrogens is 1. The lowest BCUT2D eigenvalue weighted by molar-refractivity contribution is 0.0790. The maximum atomic E-state index is 14.0. The minimum absolute atomic E-state index is 0.0981. The Balaban J connectivity index is 1.56. The van der Waals surface area contributed by atoms with Gasteiger partial charge < -0.3 is 30.8 Å². The van der Waals surface area contributed by atoms with Crippen molar-refractivity contribution in [3.63, 3.8) is 0 Å². The number of hydrogen-bond acceptors (Lipinski definition) is 11. The summed E-state index contributed by atoms with van der Waals surface area (Å²) in [5, 5.41) is 44.4. The zero-order chi connectivity index (χ0) is 29.5. The standard InChI is InChI=1S/C27H19N5O9/c1-41-12-6-11(33)14-15(19(12)34)21(36)17-16(20(14)35)23(38)27(24(17)39)3-2-8-4-9-5-10(7-30-32-26(28)29)31-25(40)13(9)22(37)18(8)27/h4-7,35-37H,2-3H2,1H3,(H,31,40)(H4,28,29,32)/b30-7+. The number of guanidine groups is 1. The van der Waals surface area contributed by atoms with E-state index in [9.17, 15) is 39.3 Å². The fourth-order valence-electron chi connectivity index (χ4n) is 6.00. The molecule has 3 aliphatic carbocycles. The fourth-order valence-corrected chi connectivity index (χ4v) is 6.00. The largest absolute Gasteiger partial charge is 0.507 e. The Kier molecular flexibility index (Phi) is 5.19. The molecule has 0 saturated carbocycles. The van der Waals surface area contributed by atoms with Crippen molar-refractivity contribution in [2.24, 2.45) is 10.8 Å². The van der Waals surface area contributed by atoms with Crippen LogP contribution in [0.3, 0.4) is 0 Å². The molecule has 3 aliphatic rings. The minimum atomic E-state index is -2.13. The van der Waals surface area contributed by atoms with Crippen LogP contribution in [0.15, 0.2) is 33.9 Å². The van der Waals surface area contributed by atoms with E-state index < -0.39 is 85.3 Å². The van der Waals surface area contributed by atoms with Crippen molar-refractivity contribution in [2.45, 2.75) is 18.3 Å². The normalized spacial score (nSPS) is 19.1. The zero-order valence-electron chi connectivity index (χ0n) is 21.0. The van der Waals surface area contributed by atoms with E-state index >= 15 is 0 Å². The molecule has 0 radical (unpaired) electrons. The summed E-state index contributed by atoms with van der Waals surface area (Å²) < 4.78 is 4.89. The molecule has 8 N–H and O–H groups in total. The van der Waals surface area contributed by atoms with Gasteiger partial charge in [0, 0.05) is 11.6 Å². The van der Waals surface area contributed by atoms with Crippen molar-refractivity contribution < 1.29 is 39.2 Å². The number of pyridine rings is 1. The van der Waals surface area contributed by atoms with Gasteiger partial charge in [-0.1, -0.05) is 6.07 Å². The lowest BCUT2D eigenvalue weighted by Gasteiger charge is -2.22. The highest BCUT2D eigenvalue weighted by atomic mass is 16.5. The lowest BCUT2D eigenvalue weighted by Crippen LogP contribution is -2.36. The van der Waals surface area contributed by atoms with Crippen molar-refractivity contribution in [3.05, 3.63) is 73.4 Å². The third kappa shape index (κ3) is 3.15. The molecule has 3 aromatic rings. The predicted molar refractivity (Wildman–Crippen MR) is 141 cm³/mol. The number of methoxy groups -OCH3 is 1. The second kappa shape index (κ2) is 8.35. The minimum Gasteiger partial charge on any atom is -0.507 e. The molecule has 1 atom stereocenters. The van der Waals surface area contributed by atoms with Gasteiger partial charge in [-0.05, 0) is 29.9 Å². The molecule has 1 unspecified atom stereocenters. The fraction of sp³-hybridized carbons (Fsp3) is 0.148. The zero-order valence-corrected chi connectivity index (χ0v) is 21.0. The lowest BCUT2D eigenvalue weighted by atomic mass is 9.76. The average molecular weight is 557 g/mol. The Labute approximate surface area is 228 Å². The van der Waals surface area contributed by atoms with E-state index in [-0.39, 0.29) is 34.9 Å². The van der Waals surface area contributed by atoms with Crippen LogP contribution in [-0.2, 0) is 16.6 Å². The molecular weight excluding hydrogens is 538 g/mol. The molecule has 1 heterocycles. The first-order valence-electron chi connectivity index (χ1n) is 12.1. The highest BCUT2D eigenvalue weighted by Crippen LogP contribution is 2.57. The van der Waals surface area contributed by atoms with Gasteiger partial charge >= 0.3 is 0 Å². The maximum absolute atomic E-state index is 14.0. The van der Waals surface area contributed by atoms with E-state index in [1.165, 1.54) is 18.3 Å². The summed E-state index contributed by atoms with van der Waals surface area (Å²) in [7, 11) is 1.12. The smallest absolute Gasteiger partial charge is 0.260 e. The van der Waals surface area contributed by atoms with Crippen LogP contribution in [0.5, 0.6) is 17.2 Å². The SMILES string of the molecule is COC1=CC(=O)c2c(O)c3c(c(O)c2C1=O)C(=O)C1(CCc2cc4cc(/C=N/NC(=N)N)[nH]c(=O)c4c(O)c21)C3=O. The summed E-state index contributed by atoms with van der Waals surface area (Å²) in [6.07, 6.45) is 1.91. The number of aryl methyl sites for hydroxylation is 1. The van der Waals surface area contributed by atoms with E-state index in [0.717, 1.165) is 13.2 Å². The average Bonchev–Trinajstić information content (AvgIpc) is 3.40. The van der Waals surface area contributed by atoms with Gasteiger partial charge in [-0.15, -0.1) is 0 Å². The number of hydrogen-bond donors (Lipinski definition) is 7. The van der Waals surface area contributed by atoms with Gasteiger partial charge in [0.2, 0.25) is 11.7 Å². The molecule has 41 heavy (non-hydrogen) atoms.